The SMILES string of the molecule is CCCc1cc(=O)n2[nH]c(C(=O)NC)nc2n1. The molecule has 2 aromatic heterocycles. The second-order valence-electron chi connectivity index (χ2n) is 3.62. The van der Waals surface area contributed by atoms with Gasteiger partial charge in [0.2, 0.25) is 5.82 Å². The summed E-state index contributed by atoms with van der Waals surface area (Å²) in [5.41, 5.74) is 0.425. The van der Waals surface area contributed by atoms with Gasteiger partial charge in [-0.2, -0.15) is 9.50 Å². The lowest BCUT2D eigenvalue weighted by atomic mass is 10.2. The number of rotatable bonds is 3. The highest BCUT2D eigenvalue weighted by molar-refractivity contribution is 5.90. The molecule has 0 bridgehead atoms. The number of carbonyl (C=O) groups is 1. The van der Waals surface area contributed by atoms with Crippen molar-refractivity contribution in [3.63, 3.8) is 0 Å². The summed E-state index contributed by atoms with van der Waals surface area (Å²) in [6.45, 7) is 2.00. The third kappa shape index (κ3) is 2.03. The van der Waals surface area contributed by atoms with E-state index in [1.807, 2.05) is 6.92 Å². The normalized spacial score (nSPS) is 10.7. The second-order valence-corrected chi connectivity index (χ2v) is 3.62. The molecule has 2 aromatic rings. The highest BCUT2D eigenvalue weighted by atomic mass is 16.2. The lowest BCUT2D eigenvalue weighted by Crippen LogP contribution is -2.20. The largest absolute Gasteiger partial charge is 0.352 e. The van der Waals surface area contributed by atoms with Gasteiger partial charge >= 0.3 is 0 Å². The fourth-order valence-electron chi connectivity index (χ4n) is 1.53. The Hall–Kier alpha value is -2.18. The van der Waals surface area contributed by atoms with Crippen molar-refractivity contribution in [3.05, 3.63) is 27.9 Å². The maximum atomic E-state index is 11.7. The van der Waals surface area contributed by atoms with E-state index in [4.69, 9.17) is 0 Å². The summed E-state index contributed by atoms with van der Waals surface area (Å²) < 4.78 is 1.16. The van der Waals surface area contributed by atoms with E-state index in [0.717, 1.165) is 10.9 Å². The molecule has 90 valence electrons. The Bertz CT molecular complexity index is 613. The molecule has 2 rings (SSSR count). The zero-order valence-corrected chi connectivity index (χ0v) is 9.65. The average molecular weight is 235 g/mol. The highest BCUT2D eigenvalue weighted by Gasteiger charge is 2.12. The van der Waals surface area contributed by atoms with Crippen molar-refractivity contribution in [2.75, 3.05) is 7.05 Å². The molecule has 0 spiro atoms. The monoisotopic (exact) mass is 235 g/mol. The first kappa shape index (κ1) is 11.3. The number of amides is 1. The lowest BCUT2D eigenvalue weighted by Gasteiger charge is -1.96. The van der Waals surface area contributed by atoms with Gasteiger partial charge in [-0.1, -0.05) is 13.3 Å². The fraction of sp³-hybridized carbons (Fsp3) is 0.400. The quantitative estimate of drug-likeness (QED) is 0.766. The van der Waals surface area contributed by atoms with Gasteiger partial charge in [-0.05, 0) is 6.42 Å². The fourth-order valence-corrected chi connectivity index (χ4v) is 1.53. The minimum atomic E-state index is -0.382. The van der Waals surface area contributed by atoms with Crippen LogP contribution in [0.1, 0.15) is 29.7 Å². The minimum Gasteiger partial charge on any atom is -0.352 e. The van der Waals surface area contributed by atoms with Gasteiger partial charge in [-0.3, -0.25) is 14.7 Å². The minimum absolute atomic E-state index is 0.0748. The summed E-state index contributed by atoms with van der Waals surface area (Å²) in [5.74, 6) is -0.0859. The third-order valence-corrected chi connectivity index (χ3v) is 2.33. The first-order valence-electron chi connectivity index (χ1n) is 5.36. The summed E-state index contributed by atoms with van der Waals surface area (Å²) in [6, 6.07) is 1.45. The molecule has 0 fully saturated rings. The van der Waals surface area contributed by atoms with Crippen LogP contribution in [0.5, 0.6) is 0 Å². The molecule has 0 saturated carbocycles. The number of hydrogen-bond donors (Lipinski definition) is 2. The molecule has 0 atom stereocenters. The molecular formula is C10H13N5O2. The van der Waals surface area contributed by atoms with Crippen molar-refractivity contribution in [2.24, 2.45) is 0 Å². The topological polar surface area (TPSA) is 92.1 Å². The third-order valence-electron chi connectivity index (χ3n) is 2.33. The van der Waals surface area contributed by atoms with E-state index in [9.17, 15) is 9.59 Å². The zero-order chi connectivity index (χ0) is 12.4. The predicted molar refractivity (Wildman–Crippen MR) is 61.0 cm³/mol. The molecule has 0 aromatic carbocycles. The van der Waals surface area contributed by atoms with Crippen LogP contribution in [0.2, 0.25) is 0 Å². The number of H-pyrrole nitrogens is 1. The van der Waals surface area contributed by atoms with Crippen LogP contribution in [0.25, 0.3) is 5.78 Å². The van der Waals surface area contributed by atoms with Gasteiger partial charge in [-0.15, -0.1) is 0 Å². The molecule has 0 aliphatic heterocycles. The molecular weight excluding hydrogens is 222 g/mol. The van der Waals surface area contributed by atoms with Gasteiger partial charge in [0, 0.05) is 13.1 Å². The molecule has 17 heavy (non-hydrogen) atoms. The highest BCUT2D eigenvalue weighted by Crippen LogP contribution is 2.00. The molecule has 1 amide bonds. The van der Waals surface area contributed by atoms with Gasteiger partial charge in [0.25, 0.3) is 17.2 Å². The van der Waals surface area contributed by atoms with Crippen molar-refractivity contribution >= 4 is 11.7 Å². The number of carbonyl (C=O) groups excluding carboxylic acids is 1. The summed E-state index contributed by atoms with van der Waals surface area (Å²) in [6.07, 6.45) is 1.61. The van der Waals surface area contributed by atoms with Crippen LogP contribution in [0.4, 0.5) is 0 Å². The number of hydrogen-bond acceptors (Lipinski definition) is 4. The zero-order valence-electron chi connectivity index (χ0n) is 9.65. The number of aryl methyl sites for hydroxylation is 1. The first-order valence-corrected chi connectivity index (χ1v) is 5.36. The molecule has 2 heterocycles. The van der Waals surface area contributed by atoms with E-state index in [1.165, 1.54) is 13.1 Å². The molecule has 0 unspecified atom stereocenters. The number of nitrogens with zero attached hydrogens (tertiary/aromatic N) is 3. The number of fused-ring (bicyclic) bond motifs is 1. The van der Waals surface area contributed by atoms with E-state index in [1.54, 1.807) is 0 Å². The second kappa shape index (κ2) is 4.36. The maximum Gasteiger partial charge on any atom is 0.288 e. The van der Waals surface area contributed by atoms with Crippen molar-refractivity contribution < 1.29 is 4.79 Å². The van der Waals surface area contributed by atoms with Gasteiger partial charge < -0.3 is 5.32 Å². The Balaban J connectivity index is 2.56. The molecule has 0 saturated heterocycles. The van der Waals surface area contributed by atoms with Crippen LogP contribution in [0.3, 0.4) is 0 Å². The molecule has 2 N–H and O–H groups in total. The van der Waals surface area contributed by atoms with E-state index >= 15 is 0 Å². The van der Waals surface area contributed by atoms with Crippen molar-refractivity contribution in [1.82, 2.24) is 24.9 Å². The molecule has 0 aliphatic rings. The maximum absolute atomic E-state index is 11.7. The molecule has 0 aliphatic carbocycles. The smallest absolute Gasteiger partial charge is 0.288 e. The van der Waals surface area contributed by atoms with Crippen molar-refractivity contribution in [2.45, 2.75) is 19.8 Å². The van der Waals surface area contributed by atoms with E-state index in [2.05, 4.69) is 20.4 Å². The lowest BCUT2D eigenvalue weighted by molar-refractivity contribution is 0.0953. The Morgan fingerprint density at radius 2 is 2.29 bits per heavy atom. The number of aromatic amines is 1. The van der Waals surface area contributed by atoms with Crippen molar-refractivity contribution in [1.29, 1.82) is 0 Å². The van der Waals surface area contributed by atoms with Crippen LogP contribution in [0, 0.1) is 0 Å². The number of nitrogens with one attached hydrogen (secondary N) is 2. The summed E-state index contributed by atoms with van der Waals surface area (Å²) >= 11 is 0. The molecule has 0 radical (unpaired) electrons. The number of aromatic nitrogens is 4. The van der Waals surface area contributed by atoms with E-state index in [-0.39, 0.29) is 23.1 Å². The van der Waals surface area contributed by atoms with Crippen LogP contribution < -0.4 is 10.9 Å². The Morgan fingerprint density at radius 3 is 2.94 bits per heavy atom. The van der Waals surface area contributed by atoms with Crippen LogP contribution in [-0.4, -0.2) is 32.5 Å². The van der Waals surface area contributed by atoms with E-state index in [0.29, 0.717) is 12.1 Å². The predicted octanol–water partition coefficient (Wildman–Crippen LogP) is -0.270. The average Bonchev–Trinajstić information content (AvgIpc) is 2.73. The van der Waals surface area contributed by atoms with E-state index < -0.39 is 0 Å². The van der Waals surface area contributed by atoms with Gasteiger partial charge in [-0.25, -0.2) is 4.98 Å². The van der Waals surface area contributed by atoms with Gasteiger partial charge in [0.15, 0.2) is 0 Å². The van der Waals surface area contributed by atoms with Crippen LogP contribution >= 0.6 is 0 Å². The molecule has 7 nitrogen and oxygen atoms in total. The Morgan fingerprint density at radius 1 is 1.53 bits per heavy atom. The van der Waals surface area contributed by atoms with Crippen molar-refractivity contribution in [3.8, 4) is 0 Å². The van der Waals surface area contributed by atoms with Gasteiger partial charge in [0.1, 0.15) is 0 Å². The Labute approximate surface area is 96.9 Å². The van der Waals surface area contributed by atoms with Gasteiger partial charge in [0.05, 0.1) is 5.69 Å². The first-order chi connectivity index (χ1) is 8.15. The summed E-state index contributed by atoms with van der Waals surface area (Å²) in [7, 11) is 1.49. The standard InChI is InChI=1S/C10H13N5O2/c1-3-4-6-5-7(16)15-10(12-6)13-8(14-15)9(17)11-2/h5H,3-4H2,1-2H3,(H,11,17)(H,12,13,14). The van der Waals surface area contributed by atoms with Crippen LogP contribution in [0.15, 0.2) is 10.9 Å². The Kier molecular flexibility index (Phi) is 2.90. The summed E-state index contributed by atoms with van der Waals surface area (Å²) in [5, 5.41) is 5.03. The van der Waals surface area contributed by atoms with Crippen LogP contribution in [-0.2, 0) is 6.42 Å². The summed E-state index contributed by atoms with van der Waals surface area (Å²) in [4.78, 5) is 31.3. The molecule has 7 heteroatoms.